The maximum Gasteiger partial charge on any atom is 0.284 e. The Bertz CT molecular complexity index is 797. The molecule has 9 nitrogen and oxygen atoms in total. The summed E-state index contributed by atoms with van der Waals surface area (Å²) in [5.41, 5.74) is 5.07. The van der Waals surface area contributed by atoms with Gasteiger partial charge in [-0.3, -0.25) is 4.79 Å². The molecule has 10 heteroatoms. The van der Waals surface area contributed by atoms with E-state index < -0.39 is 15.9 Å². The van der Waals surface area contributed by atoms with E-state index in [9.17, 15) is 13.2 Å². The molecule has 1 aliphatic heterocycles. The largest absolute Gasteiger partial charge is 0.438 e. The summed E-state index contributed by atoms with van der Waals surface area (Å²) < 4.78 is 31.3. The monoisotopic (exact) mass is 337 g/mol. The van der Waals surface area contributed by atoms with Crippen molar-refractivity contribution in [1.29, 1.82) is 0 Å². The first-order chi connectivity index (χ1) is 11.0. The lowest BCUT2D eigenvalue weighted by molar-refractivity contribution is 0.0968. The standard InChI is InChI=1S/C13H15N5O4S/c14-12(19)10-2-3-11(22-10)23(20,21)18-8-6-17(7-9-18)13-15-4-1-5-16-13/h1-5H,6-9H2,(H2,14,19). The predicted octanol–water partition coefficient (Wildman–Crippen LogP) is -0.321. The molecule has 0 aliphatic carbocycles. The predicted molar refractivity (Wildman–Crippen MR) is 80.2 cm³/mol. The first-order valence-electron chi connectivity index (χ1n) is 6.90. The minimum absolute atomic E-state index is 0.181. The van der Waals surface area contributed by atoms with E-state index >= 15 is 0 Å². The molecule has 1 amide bonds. The molecule has 1 aliphatic rings. The summed E-state index contributed by atoms with van der Waals surface area (Å²) in [4.78, 5) is 21.2. The fourth-order valence-electron chi connectivity index (χ4n) is 2.30. The second kappa shape index (κ2) is 5.97. The molecule has 2 aromatic rings. The van der Waals surface area contributed by atoms with Crippen molar-refractivity contribution in [2.24, 2.45) is 5.73 Å². The highest BCUT2D eigenvalue weighted by molar-refractivity contribution is 7.89. The molecule has 0 spiro atoms. The van der Waals surface area contributed by atoms with Crippen LogP contribution >= 0.6 is 0 Å². The van der Waals surface area contributed by atoms with E-state index in [1.54, 1.807) is 18.5 Å². The zero-order chi connectivity index (χ0) is 16.4. The number of anilines is 1. The Balaban J connectivity index is 1.72. The van der Waals surface area contributed by atoms with Gasteiger partial charge in [-0.05, 0) is 18.2 Å². The highest BCUT2D eigenvalue weighted by Crippen LogP contribution is 2.21. The molecule has 1 fully saturated rings. The smallest absolute Gasteiger partial charge is 0.284 e. The Morgan fingerprint density at radius 3 is 2.35 bits per heavy atom. The Hall–Kier alpha value is -2.46. The van der Waals surface area contributed by atoms with Crippen LogP contribution in [0, 0.1) is 0 Å². The molecule has 0 bridgehead atoms. The summed E-state index contributed by atoms with van der Waals surface area (Å²) in [5, 5.41) is -0.282. The van der Waals surface area contributed by atoms with Gasteiger partial charge in [0.15, 0.2) is 5.76 Å². The van der Waals surface area contributed by atoms with Crippen LogP contribution in [-0.4, -0.2) is 54.8 Å². The molecule has 1 saturated heterocycles. The second-order valence-electron chi connectivity index (χ2n) is 4.92. The van der Waals surface area contributed by atoms with Crippen LogP contribution in [0.15, 0.2) is 40.1 Å². The summed E-state index contributed by atoms with van der Waals surface area (Å²) in [7, 11) is -3.79. The molecule has 3 rings (SSSR count). The Kier molecular flexibility index (Phi) is 4.01. The molecule has 2 aromatic heterocycles. The van der Waals surface area contributed by atoms with E-state index in [2.05, 4.69) is 9.97 Å². The molecular formula is C13H15N5O4S. The van der Waals surface area contributed by atoms with E-state index in [0.29, 0.717) is 19.0 Å². The number of hydrogen-bond acceptors (Lipinski definition) is 7. The van der Waals surface area contributed by atoms with Gasteiger partial charge in [-0.2, -0.15) is 4.31 Å². The molecule has 0 radical (unpaired) electrons. The molecule has 0 unspecified atom stereocenters. The second-order valence-corrected chi connectivity index (χ2v) is 6.79. The summed E-state index contributed by atoms with van der Waals surface area (Å²) in [6.45, 7) is 1.47. The van der Waals surface area contributed by atoms with Gasteiger partial charge in [-0.15, -0.1) is 0 Å². The minimum atomic E-state index is -3.79. The van der Waals surface area contributed by atoms with Gasteiger partial charge >= 0.3 is 0 Å². The third-order valence-electron chi connectivity index (χ3n) is 3.49. The number of aromatic nitrogens is 2. The third kappa shape index (κ3) is 3.03. The maximum absolute atomic E-state index is 12.5. The van der Waals surface area contributed by atoms with E-state index in [4.69, 9.17) is 10.2 Å². The van der Waals surface area contributed by atoms with Gasteiger partial charge in [0.1, 0.15) is 0 Å². The highest BCUT2D eigenvalue weighted by atomic mass is 32.2. The number of rotatable bonds is 4. The van der Waals surface area contributed by atoms with Gasteiger partial charge in [-0.1, -0.05) is 0 Å². The van der Waals surface area contributed by atoms with Crippen molar-refractivity contribution in [1.82, 2.24) is 14.3 Å². The van der Waals surface area contributed by atoms with Gasteiger partial charge in [-0.25, -0.2) is 18.4 Å². The lowest BCUT2D eigenvalue weighted by Gasteiger charge is -2.33. The summed E-state index contributed by atoms with van der Waals surface area (Å²) in [5.74, 6) is -0.420. The van der Waals surface area contributed by atoms with Crippen LogP contribution in [0.1, 0.15) is 10.6 Å². The highest BCUT2D eigenvalue weighted by Gasteiger charge is 2.31. The van der Waals surface area contributed by atoms with Crippen molar-refractivity contribution in [3.05, 3.63) is 36.4 Å². The van der Waals surface area contributed by atoms with E-state index in [1.165, 1.54) is 16.4 Å². The number of primary amides is 1. The zero-order valence-electron chi connectivity index (χ0n) is 12.1. The van der Waals surface area contributed by atoms with Crippen molar-refractivity contribution >= 4 is 21.9 Å². The van der Waals surface area contributed by atoms with Gasteiger partial charge in [0.25, 0.3) is 15.9 Å². The molecule has 0 aromatic carbocycles. The summed E-state index contributed by atoms with van der Waals surface area (Å²) >= 11 is 0. The van der Waals surface area contributed by atoms with Crippen molar-refractivity contribution in [2.45, 2.75) is 5.09 Å². The van der Waals surface area contributed by atoms with Crippen LogP contribution in [0.25, 0.3) is 0 Å². The molecule has 3 heterocycles. The fourth-order valence-corrected chi connectivity index (χ4v) is 3.64. The van der Waals surface area contributed by atoms with Crippen molar-refractivity contribution in [2.75, 3.05) is 31.1 Å². The Morgan fingerprint density at radius 2 is 1.78 bits per heavy atom. The summed E-state index contributed by atoms with van der Waals surface area (Å²) in [6, 6.07) is 4.21. The number of nitrogens with zero attached hydrogens (tertiary/aromatic N) is 4. The Morgan fingerprint density at radius 1 is 1.13 bits per heavy atom. The average molecular weight is 337 g/mol. The molecule has 122 valence electrons. The number of carbonyl (C=O) groups excluding carboxylic acids is 1. The zero-order valence-corrected chi connectivity index (χ0v) is 12.9. The Labute approximate surface area is 132 Å². The minimum Gasteiger partial charge on any atom is -0.438 e. The normalized spacial score (nSPS) is 16.4. The van der Waals surface area contributed by atoms with E-state index in [1.807, 2.05) is 4.90 Å². The van der Waals surface area contributed by atoms with E-state index in [-0.39, 0.29) is 23.9 Å². The number of amides is 1. The fraction of sp³-hybridized carbons (Fsp3) is 0.308. The number of furan rings is 1. The van der Waals surface area contributed by atoms with Crippen molar-refractivity contribution in [3.63, 3.8) is 0 Å². The van der Waals surface area contributed by atoms with Crippen LogP contribution in [0.2, 0.25) is 0 Å². The van der Waals surface area contributed by atoms with Crippen LogP contribution in [0.3, 0.4) is 0 Å². The van der Waals surface area contributed by atoms with E-state index in [0.717, 1.165) is 0 Å². The third-order valence-corrected chi connectivity index (χ3v) is 5.26. The molecule has 23 heavy (non-hydrogen) atoms. The van der Waals surface area contributed by atoms with Crippen molar-refractivity contribution in [3.8, 4) is 0 Å². The number of nitrogens with two attached hydrogens (primary N) is 1. The van der Waals surface area contributed by atoms with Gasteiger partial charge in [0, 0.05) is 38.6 Å². The van der Waals surface area contributed by atoms with Crippen molar-refractivity contribution < 1.29 is 17.6 Å². The number of carbonyl (C=O) groups is 1. The number of piperazine rings is 1. The molecule has 2 N–H and O–H groups in total. The lowest BCUT2D eigenvalue weighted by Crippen LogP contribution is -2.49. The SMILES string of the molecule is NC(=O)c1ccc(S(=O)(=O)N2CCN(c3ncccn3)CC2)o1. The van der Waals surface area contributed by atoms with Gasteiger partial charge < -0.3 is 15.1 Å². The molecular weight excluding hydrogens is 322 g/mol. The number of sulfonamides is 1. The topological polar surface area (TPSA) is 123 Å². The van der Waals surface area contributed by atoms with Crippen LogP contribution < -0.4 is 10.6 Å². The van der Waals surface area contributed by atoms with Crippen LogP contribution in [0.5, 0.6) is 0 Å². The van der Waals surface area contributed by atoms with Gasteiger partial charge in [0.2, 0.25) is 11.0 Å². The quantitative estimate of drug-likeness (QED) is 0.811. The van der Waals surface area contributed by atoms with Crippen LogP contribution in [-0.2, 0) is 10.0 Å². The average Bonchev–Trinajstić information content (AvgIpc) is 3.07. The number of hydrogen-bond donors (Lipinski definition) is 1. The lowest BCUT2D eigenvalue weighted by atomic mass is 10.4. The van der Waals surface area contributed by atoms with Gasteiger partial charge in [0.05, 0.1) is 0 Å². The maximum atomic E-state index is 12.5. The summed E-state index contributed by atoms with van der Waals surface area (Å²) in [6.07, 6.45) is 3.28. The van der Waals surface area contributed by atoms with Crippen LogP contribution in [0.4, 0.5) is 5.95 Å². The molecule has 0 atom stereocenters. The molecule has 0 saturated carbocycles. The first kappa shape index (κ1) is 15.4. The first-order valence-corrected chi connectivity index (χ1v) is 8.34.